The summed E-state index contributed by atoms with van der Waals surface area (Å²) < 4.78 is 0. The number of hydrogen-bond donors (Lipinski definition) is 2. The number of anilines is 2. The third-order valence-electron chi connectivity index (χ3n) is 3.76. The Morgan fingerprint density at radius 1 is 1.17 bits per heavy atom. The minimum Gasteiger partial charge on any atom is -0.399 e. The smallest absolute Gasteiger partial charge is 0.126 e. The first-order valence-corrected chi connectivity index (χ1v) is 6.71. The van der Waals surface area contributed by atoms with Crippen molar-refractivity contribution >= 4 is 22.4 Å². The van der Waals surface area contributed by atoms with Gasteiger partial charge in [-0.25, -0.2) is 4.98 Å². The summed E-state index contributed by atoms with van der Waals surface area (Å²) in [5, 5.41) is 4.55. The van der Waals surface area contributed by atoms with Crippen molar-refractivity contribution in [2.24, 2.45) is 5.92 Å². The molecule has 1 aliphatic rings. The fourth-order valence-electron chi connectivity index (χ4n) is 2.71. The maximum absolute atomic E-state index is 5.76. The third-order valence-corrected chi connectivity index (χ3v) is 3.76. The van der Waals surface area contributed by atoms with Gasteiger partial charge < -0.3 is 11.1 Å². The van der Waals surface area contributed by atoms with Crippen LogP contribution in [0.15, 0.2) is 30.3 Å². The van der Waals surface area contributed by atoms with Crippen LogP contribution in [0.1, 0.15) is 25.7 Å². The van der Waals surface area contributed by atoms with E-state index < -0.39 is 0 Å². The summed E-state index contributed by atoms with van der Waals surface area (Å²) in [6, 6.07) is 9.96. The molecule has 3 rings (SSSR count). The molecule has 1 aromatic heterocycles. The number of aromatic nitrogens is 1. The lowest BCUT2D eigenvalue weighted by Crippen LogP contribution is -2.11. The van der Waals surface area contributed by atoms with Crippen molar-refractivity contribution in [2.75, 3.05) is 17.6 Å². The first kappa shape index (κ1) is 11.3. The van der Waals surface area contributed by atoms with Crippen molar-refractivity contribution in [1.82, 2.24) is 4.98 Å². The largest absolute Gasteiger partial charge is 0.399 e. The second kappa shape index (κ2) is 4.84. The summed E-state index contributed by atoms with van der Waals surface area (Å²) in [6.07, 6.45) is 5.49. The van der Waals surface area contributed by atoms with Crippen LogP contribution < -0.4 is 11.1 Å². The number of hydrogen-bond acceptors (Lipinski definition) is 3. The van der Waals surface area contributed by atoms with Gasteiger partial charge in [0.25, 0.3) is 0 Å². The molecular weight excluding hydrogens is 222 g/mol. The second-order valence-corrected chi connectivity index (χ2v) is 5.18. The zero-order valence-electron chi connectivity index (χ0n) is 10.5. The highest BCUT2D eigenvalue weighted by molar-refractivity contribution is 5.83. The van der Waals surface area contributed by atoms with E-state index >= 15 is 0 Å². The number of pyridine rings is 1. The maximum atomic E-state index is 5.76. The minimum absolute atomic E-state index is 0.788. The van der Waals surface area contributed by atoms with Crippen LogP contribution in [-0.4, -0.2) is 11.5 Å². The molecule has 0 bridgehead atoms. The predicted molar refractivity (Wildman–Crippen MR) is 76.6 cm³/mol. The van der Waals surface area contributed by atoms with Gasteiger partial charge in [0.15, 0.2) is 0 Å². The lowest BCUT2D eigenvalue weighted by molar-refractivity contribution is 0.579. The summed E-state index contributed by atoms with van der Waals surface area (Å²) in [6.45, 7) is 1.05. The topological polar surface area (TPSA) is 50.9 Å². The molecule has 2 aromatic rings. The highest BCUT2D eigenvalue weighted by Gasteiger charge is 2.14. The Morgan fingerprint density at radius 2 is 2.00 bits per heavy atom. The number of benzene rings is 1. The van der Waals surface area contributed by atoms with Crippen LogP contribution in [-0.2, 0) is 0 Å². The standard InChI is InChI=1S/C15H19N3/c16-13-6-7-14-12(9-13)5-8-15(18-14)17-10-11-3-1-2-4-11/h5-9,11H,1-4,10,16H2,(H,17,18). The van der Waals surface area contributed by atoms with E-state index in [1.807, 2.05) is 24.3 Å². The Bertz CT molecular complexity index is 544. The quantitative estimate of drug-likeness (QED) is 0.809. The molecule has 0 atom stereocenters. The van der Waals surface area contributed by atoms with Crippen LogP contribution in [0.25, 0.3) is 10.9 Å². The first-order chi connectivity index (χ1) is 8.81. The molecule has 0 aliphatic heterocycles. The van der Waals surface area contributed by atoms with Crippen LogP contribution >= 0.6 is 0 Å². The van der Waals surface area contributed by atoms with E-state index in [9.17, 15) is 0 Å². The van der Waals surface area contributed by atoms with Crippen LogP contribution in [0.5, 0.6) is 0 Å². The Morgan fingerprint density at radius 3 is 2.83 bits per heavy atom. The van der Waals surface area contributed by atoms with Gasteiger partial charge >= 0.3 is 0 Å². The SMILES string of the molecule is Nc1ccc2nc(NCC3CCCC3)ccc2c1. The molecule has 1 aliphatic carbocycles. The normalized spacial score (nSPS) is 16.2. The Kier molecular flexibility index (Phi) is 3.05. The Labute approximate surface area is 107 Å². The van der Waals surface area contributed by atoms with Gasteiger partial charge in [-0.3, -0.25) is 0 Å². The summed E-state index contributed by atoms with van der Waals surface area (Å²) in [5.74, 6) is 1.80. The highest BCUT2D eigenvalue weighted by atomic mass is 15.0. The van der Waals surface area contributed by atoms with E-state index in [1.54, 1.807) is 0 Å². The van der Waals surface area contributed by atoms with Gasteiger partial charge in [-0.2, -0.15) is 0 Å². The monoisotopic (exact) mass is 241 g/mol. The fourth-order valence-corrected chi connectivity index (χ4v) is 2.71. The average molecular weight is 241 g/mol. The molecule has 3 heteroatoms. The molecule has 0 spiro atoms. The van der Waals surface area contributed by atoms with Gasteiger partial charge in [-0.05, 0) is 49.1 Å². The molecule has 1 aromatic carbocycles. The molecule has 0 saturated heterocycles. The number of nitrogen functional groups attached to an aromatic ring is 1. The van der Waals surface area contributed by atoms with E-state index in [-0.39, 0.29) is 0 Å². The Hall–Kier alpha value is -1.77. The van der Waals surface area contributed by atoms with Gasteiger partial charge in [0.05, 0.1) is 5.52 Å². The third kappa shape index (κ3) is 2.40. The van der Waals surface area contributed by atoms with Crippen molar-refractivity contribution in [3.63, 3.8) is 0 Å². The molecule has 1 saturated carbocycles. The van der Waals surface area contributed by atoms with Crippen molar-refractivity contribution in [3.05, 3.63) is 30.3 Å². The lowest BCUT2D eigenvalue weighted by Gasteiger charge is -2.11. The van der Waals surface area contributed by atoms with Crippen LogP contribution in [0.2, 0.25) is 0 Å². The van der Waals surface area contributed by atoms with Gasteiger partial charge in [0.1, 0.15) is 5.82 Å². The second-order valence-electron chi connectivity index (χ2n) is 5.18. The predicted octanol–water partition coefficient (Wildman–Crippen LogP) is 3.42. The van der Waals surface area contributed by atoms with Gasteiger partial charge in [-0.1, -0.05) is 12.8 Å². The number of fused-ring (bicyclic) bond motifs is 1. The number of nitrogens with zero attached hydrogens (tertiary/aromatic N) is 1. The molecule has 94 valence electrons. The number of rotatable bonds is 3. The van der Waals surface area contributed by atoms with Crippen molar-refractivity contribution < 1.29 is 0 Å². The molecule has 1 heterocycles. The van der Waals surface area contributed by atoms with E-state index in [0.717, 1.165) is 34.9 Å². The van der Waals surface area contributed by atoms with E-state index in [4.69, 9.17) is 5.73 Å². The molecule has 3 nitrogen and oxygen atoms in total. The number of nitrogens with two attached hydrogens (primary N) is 1. The van der Waals surface area contributed by atoms with Crippen LogP contribution in [0.4, 0.5) is 11.5 Å². The molecule has 0 radical (unpaired) electrons. The van der Waals surface area contributed by atoms with Crippen molar-refractivity contribution in [1.29, 1.82) is 0 Å². The fraction of sp³-hybridized carbons (Fsp3) is 0.400. The van der Waals surface area contributed by atoms with Crippen LogP contribution in [0.3, 0.4) is 0 Å². The zero-order chi connectivity index (χ0) is 12.4. The molecular formula is C15H19N3. The summed E-state index contributed by atoms with van der Waals surface area (Å²) in [5.41, 5.74) is 7.55. The zero-order valence-corrected chi connectivity index (χ0v) is 10.5. The molecule has 0 amide bonds. The Balaban J connectivity index is 1.74. The number of nitrogens with one attached hydrogen (secondary N) is 1. The van der Waals surface area contributed by atoms with E-state index in [1.165, 1.54) is 25.7 Å². The highest BCUT2D eigenvalue weighted by Crippen LogP contribution is 2.25. The van der Waals surface area contributed by atoms with Gasteiger partial charge in [-0.15, -0.1) is 0 Å². The summed E-state index contributed by atoms with van der Waals surface area (Å²) in [7, 11) is 0. The lowest BCUT2D eigenvalue weighted by atomic mass is 10.1. The summed E-state index contributed by atoms with van der Waals surface area (Å²) in [4.78, 5) is 4.61. The minimum atomic E-state index is 0.788. The van der Waals surface area contributed by atoms with Crippen molar-refractivity contribution in [2.45, 2.75) is 25.7 Å². The molecule has 18 heavy (non-hydrogen) atoms. The van der Waals surface area contributed by atoms with E-state index in [2.05, 4.69) is 16.4 Å². The molecule has 3 N–H and O–H groups in total. The molecule has 0 unspecified atom stereocenters. The average Bonchev–Trinajstić information content (AvgIpc) is 2.89. The van der Waals surface area contributed by atoms with Crippen LogP contribution in [0, 0.1) is 5.92 Å². The summed E-state index contributed by atoms with van der Waals surface area (Å²) >= 11 is 0. The van der Waals surface area contributed by atoms with Gasteiger partial charge in [0.2, 0.25) is 0 Å². The molecule has 1 fully saturated rings. The maximum Gasteiger partial charge on any atom is 0.126 e. The van der Waals surface area contributed by atoms with Crippen molar-refractivity contribution in [3.8, 4) is 0 Å². The first-order valence-electron chi connectivity index (χ1n) is 6.71. The van der Waals surface area contributed by atoms with Gasteiger partial charge in [0, 0.05) is 17.6 Å². The van der Waals surface area contributed by atoms with E-state index in [0.29, 0.717) is 0 Å².